The SMILES string of the molecule is COCCCn1nc(C)c2ccc([C@H](C)N(C(=O)[C@H]3CN(C(=O)O)CCO3)C3CC3)cc21. The lowest BCUT2D eigenvalue weighted by Gasteiger charge is -2.36. The van der Waals surface area contributed by atoms with E-state index in [4.69, 9.17) is 9.47 Å². The lowest BCUT2D eigenvalue weighted by molar-refractivity contribution is -0.151. The van der Waals surface area contributed by atoms with Gasteiger partial charge in [-0.1, -0.05) is 12.1 Å². The van der Waals surface area contributed by atoms with E-state index in [2.05, 4.69) is 23.3 Å². The number of aromatic nitrogens is 2. The normalized spacial score (nSPS) is 19.8. The maximum atomic E-state index is 13.4. The molecule has 2 heterocycles. The molecule has 1 saturated heterocycles. The Hall–Kier alpha value is -2.65. The van der Waals surface area contributed by atoms with Crippen molar-refractivity contribution in [2.45, 2.75) is 57.8 Å². The molecule has 1 aliphatic heterocycles. The quantitative estimate of drug-likeness (QED) is 0.629. The van der Waals surface area contributed by atoms with Crippen LogP contribution in [0.5, 0.6) is 0 Å². The molecule has 32 heavy (non-hydrogen) atoms. The third-order valence-corrected chi connectivity index (χ3v) is 6.39. The fraction of sp³-hybridized carbons (Fsp3) is 0.609. The van der Waals surface area contributed by atoms with Gasteiger partial charge in [0.05, 0.1) is 30.4 Å². The maximum absolute atomic E-state index is 13.4. The molecule has 174 valence electrons. The highest BCUT2D eigenvalue weighted by Gasteiger charge is 2.41. The van der Waals surface area contributed by atoms with Crippen LogP contribution in [0.3, 0.4) is 0 Å². The summed E-state index contributed by atoms with van der Waals surface area (Å²) < 4.78 is 12.9. The van der Waals surface area contributed by atoms with Crippen LogP contribution in [-0.2, 0) is 20.8 Å². The van der Waals surface area contributed by atoms with Crippen molar-refractivity contribution in [2.24, 2.45) is 0 Å². The second-order valence-corrected chi connectivity index (χ2v) is 8.67. The number of carbonyl (C=O) groups is 2. The van der Waals surface area contributed by atoms with E-state index < -0.39 is 12.2 Å². The first kappa shape index (κ1) is 22.5. The molecule has 1 aliphatic carbocycles. The molecule has 1 aromatic heterocycles. The molecule has 1 N–H and O–H groups in total. The Labute approximate surface area is 187 Å². The van der Waals surface area contributed by atoms with Gasteiger partial charge in [-0.3, -0.25) is 9.48 Å². The summed E-state index contributed by atoms with van der Waals surface area (Å²) in [5.74, 6) is -0.129. The van der Waals surface area contributed by atoms with Crippen molar-refractivity contribution >= 4 is 22.9 Å². The molecule has 9 nitrogen and oxygen atoms in total. The Morgan fingerprint density at radius 2 is 2.16 bits per heavy atom. The van der Waals surface area contributed by atoms with E-state index in [-0.39, 0.29) is 31.1 Å². The van der Waals surface area contributed by atoms with Crippen molar-refractivity contribution < 1.29 is 24.2 Å². The van der Waals surface area contributed by atoms with Gasteiger partial charge in [0.25, 0.3) is 5.91 Å². The van der Waals surface area contributed by atoms with Crippen molar-refractivity contribution in [3.63, 3.8) is 0 Å². The van der Waals surface area contributed by atoms with Gasteiger partial charge in [0.15, 0.2) is 6.10 Å². The highest BCUT2D eigenvalue weighted by Crippen LogP contribution is 2.36. The number of rotatable bonds is 8. The summed E-state index contributed by atoms with van der Waals surface area (Å²) >= 11 is 0. The minimum atomic E-state index is -1.01. The van der Waals surface area contributed by atoms with Gasteiger partial charge < -0.3 is 24.4 Å². The first-order valence-electron chi connectivity index (χ1n) is 11.3. The number of ether oxygens (including phenoxy) is 2. The Morgan fingerprint density at radius 3 is 2.84 bits per heavy atom. The molecule has 2 fully saturated rings. The molecule has 0 radical (unpaired) electrons. The van der Waals surface area contributed by atoms with E-state index in [0.29, 0.717) is 13.2 Å². The van der Waals surface area contributed by atoms with Crippen LogP contribution in [0.2, 0.25) is 0 Å². The molecule has 2 amide bonds. The van der Waals surface area contributed by atoms with Crippen LogP contribution in [0.1, 0.15) is 43.5 Å². The van der Waals surface area contributed by atoms with Crippen molar-refractivity contribution in [3.05, 3.63) is 29.5 Å². The average molecular weight is 445 g/mol. The molecular formula is C23H32N4O5. The monoisotopic (exact) mass is 444 g/mol. The van der Waals surface area contributed by atoms with Crippen molar-refractivity contribution in [2.75, 3.05) is 33.4 Å². The van der Waals surface area contributed by atoms with Crippen molar-refractivity contribution in [3.8, 4) is 0 Å². The van der Waals surface area contributed by atoms with Crippen LogP contribution in [0.25, 0.3) is 10.9 Å². The minimum absolute atomic E-state index is 0.0780. The third kappa shape index (κ3) is 4.59. The number of fused-ring (bicyclic) bond motifs is 1. The van der Waals surface area contributed by atoms with Crippen LogP contribution in [0.15, 0.2) is 18.2 Å². The van der Waals surface area contributed by atoms with Crippen LogP contribution in [0.4, 0.5) is 4.79 Å². The number of aryl methyl sites for hydroxylation is 2. The van der Waals surface area contributed by atoms with Crippen molar-refractivity contribution in [1.82, 2.24) is 19.6 Å². The summed E-state index contributed by atoms with van der Waals surface area (Å²) in [5, 5.41) is 15.1. The number of amides is 2. The van der Waals surface area contributed by atoms with E-state index in [9.17, 15) is 14.7 Å². The largest absolute Gasteiger partial charge is 0.465 e. The van der Waals surface area contributed by atoms with E-state index in [1.54, 1.807) is 7.11 Å². The van der Waals surface area contributed by atoms with Crippen LogP contribution >= 0.6 is 0 Å². The number of carbonyl (C=O) groups excluding carboxylic acids is 1. The third-order valence-electron chi connectivity index (χ3n) is 6.39. The summed E-state index contributed by atoms with van der Waals surface area (Å²) in [7, 11) is 1.70. The van der Waals surface area contributed by atoms with Gasteiger partial charge >= 0.3 is 6.09 Å². The number of morpholine rings is 1. The van der Waals surface area contributed by atoms with Crippen LogP contribution in [0, 0.1) is 6.92 Å². The maximum Gasteiger partial charge on any atom is 0.407 e. The number of nitrogens with zero attached hydrogens (tertiary/aromatic N) is 4. The average Bonchev–Trinajstić information content (AvgIpc) is 3.58. The standard InChI is InChI=1S/C23H32N4O5/c1-15-19-8-5-17(13-20(19)26(24-15)9-4-11-31-3)16(2)27(18-6-7-18)22(28)21-14-25(23(29)30)10-12-32-21/h5,8,13,16,18,21H,4,6-7,9-12,14H2,1-3H3,(H,29,30)/t16-,21+/m0/s1. The lowest BCUT2D eigenvalue weighted by atomic mass is 10.0. The molecule has 4 rings (SSSR count). The van der Waals surface area contributed by atoms with E-state index >= 15 is 0 Å². The first-order valence-corrected chi connectivity index (χ1v) is 11.3. The zero-order valence-electron chi connectivity index (χ0n) is 19.0. The van der Waals surface area contributed by atoms with E-state index in [0.717, 1.165) is 48.0 Å². The van der Waals surface area contributed by atoms with Gasteiger partial charge in [-0.25, -0.2) is 4.79 Å². The summed E-state index contributed by atoms with van der Waals surface area (Å²) in [6.45, 7) is 6.09. The van der Waals surface area contributed by atoms with Gasteiger partial charge in [0, 0.05) is 38.2 Å². The molecule has 2 atom stereocenters. The Bertz CT molecular complexity index is 986. The smallest absolute Gasteiger partial charge is 0.407 e. The van der Waals surface area contributed by atoms with E-state index in [1.165, 1.54) is 4.90 Å². The topological polar surface area (TPSA) is 97.1 Å². The second-order valence-electron chi connectivity index (χ2n) is 8.67. The molecule has 1 saturated carbocycles. The molecular weight excluding hydrogens is 412 g/mol. The number of carboxylic acid groups (broad SMARTS) is 1. The van der Waals surface area contributed by atoms with Crippen LogP contribution < -0.4 is 0 Å². The molecule has 0 spiro atoms. The zero-order chi connectivity index (χ0) is 22.8. The Morgan fingerprint density at radius 1 is 1.38 bits per heavy atom. The minimum Gasteiger partial charge on any atom is -0.465 e. The molecule has 2 aliphatic rings. The first-order chi connectivity index (χ1) is 15.4. The number of hydrogen-bond donors (Lipinski definition) is 1. The molecule has 9 heteroatoms. The predicted molar refractivity (Wildman–Crippen MR) is 119 cm³/mol. The van der Waals surface area contributed by atoms with Crippen molar-refractivity contribution in [1.29, 1.82) is 0 Å². The summed E-state index contributed by atoms with van der Waals surface area (Å²) in [4.78, 5) is 28.0. The summed E-state index contributed by atoms with van der Waals surface area (Å²) in [5.41, 5.74) is 3.07. The molecule has 0 bridgehead atoms. The number of hydrogen-bond acceptors (Lipinski definition) is 5. The van der Waals surface area contributed by atoms with Gasteiger partial charge in [0.1, 0.15) is 0 Å². The summed E-state index contributed by atoms with van der Waals surface area (Å²) in [6.07, 6.45) is 1.02. The number of benzene rings is 1. The Kier molecular flexibility index (Phi) is 6.66. The van der Waals surface area contributed by atoms with Gasteiger partial charge in [0.2, 0.25) is 0 Å². The molecule has 2 aromatic rings. The highest BCUT2D eigenvalue weighted by atomic mass is 16.5. The Balaban J connectivity index is 1.58. The zero-order valence-corrected chi connectivity index (χ0v) is 19.0. The lowest BCUT2D eigenvalue weighted by Crippen LogP contribution is -2.53. The fourth-order valence-electron chi connectivity index (χ4n) is 4.48. The predicted octanol–water partition coefficient (Wildman–Crippen LogP) is 2.81. The highest BCUT2D eigenvalue weighted by molar-refractivity contribution is 5.85. The van der Waals surface area contributed by atoms with Gasteiger partial charge in [-0.2, -0.15) is 5.10 Å². The van der Waals surface area contributed by atoms with Crippen LogP contribution in [-0.4, -0.2) is 82.2 Å². The number of methoxy groups -OCH3 is 1. The summed E-state index contributed by atoms with van der Waals surface area (Å²) in [6, 6.07) is 6.29. The fourth-order valence-corrected chi connectivity index (χ4v) is 4.48. The molecule has 1 aromatic carbocycles. The van der Waals surface area contributed by atoms with E-state index in [1.807, 2.05) is 23.4 Å². The van der Waals surface area contributed by atoms with Gasteiger partial charge in [-0.15, -0.1) is 0 Å². The second kappa shape index (κ2) is 9.46. The van der Waals surface area contributed by atoms with Gasteiger partial charge in [-0.05, 0) is 44.7 Å². The molecule has 0 unspecified atom stereocenters.